The second-order valence-electron chi connectivity index (χ2n) is 8.98. The highest BCUT2D eigenvalue weighted by atomic mass is 16.6. The minimum atomic E-state index is -0.504. The smallest absolute Gasteiger partial charge is 0.407 e. The monoisotopic (exact) mass is 412 g/mol. The van der Waals surface area contributed by atoms with Crippen LogP contribution in [0.4, 0.5) is 4.79 Å². The number of amides is 2. The minimum Gasteiger partial charge on any atom is -0.444 e. The molecule has 1 aromatic heterocycles. The molecule has 30 heavy (non-hydrogen) atoms. The van der Waals surface area contributed by atoms with E-state index < -0.39 is 5.60 Å². The van der Waals surface area contributed by atoms with E-state index in [1.54, 1.807) is 4.68 Å². The molecule has 1 aliphatic rings. The molecule has 1 aromatic carbocycles. The maximum Gasteiger partial charge on any atom is 0.407 e. The Balaban J connectivity index is 1.52. The molecule has 0 unspecified atom stereocenters. The van der Waals surface area contributed by atoms with Gasteiger partial charge in [0.05, 0.1) is 12.2 Å². The minimum absolute atomic E-state index is 0.0823. The quantitative estimate of drug-likeness (QED) is 0.782. The number of aromatic nitrogens is 2. The number of ether oxygens (including phenoxy) is 1. The molecule has 7 nitrogen and oxygen atoms in total. The van der Waals surface area contributed by atoms with Crippen LogP contribution in [0, 0.1) is 6.92 Å². The van der Waals surface area contributed by atoms with Crippen molar-refractivity contribution in [1.82, 2.24) is 20.4 Å². The maximum atomic E-state index is 12.9. The summed E-state index contributed by atoms with van der Waals surface area (Å²) in [6.07, 6.45) is 2.88. The van der Waals surface area contributed by atoms with Crippen molar-refractivity contribution in [3.63, 3.8) is 0 Å². The van der Waals surface area contributed by atoms with Gasteiger partial charge in [-0.15, -0.1) is 0 Å². The molecule has 0 aliphatic heterocycles. The fourth-order valence-electron chi connectivity index (χ4n) is 3.72. The number of nitrogens with one attached hydrogen (secondary N) is 2. The Labute approximate surface area is 178 Å². The molecule has 1 fully saturated rings. The van der Waals surface area contributed by atoms with Crippen molar-refractivity contribution in [3.8, 4) is 0 Å². The Bertz CT molecular complexity index is 862. The highest BCUT2D eigenvalue weighted by Gasteiger charge is 2.26. The average molecular weight is 413 g/mol. The first kappa shape index (κ1) is 21.9. The van der Waals surface area contributed by atoms with Gasteiger partial charge in [0.25, 0.3) is 5.91 Å². The lowest BCUT2D eigenvalue weighted by molar-refractivity contribution is 0.0487. The van der Waals surface area contributed by atoms with Crippen LogP contribution in [0.5, 0.6) is 0 Å². The predicted octanol–water partition coefficient (Wildman–Crippen LogP) is 3.81. The maximum absolute atomic E-state index is 12.9. The van der Waals surface area contributed by atoms with Gasteiger partial charge in [0.1, 0.15) is 11.3 Å². The van der Waals surface area contributed by atoms with Gasteiger partial charge in [-0.1, -0.05) is 30.3 Å². The summed E-state index contributed by atoms with van der Waals surface area (Å²) < 4.78 is 7.08. The van der Waals surface area contributed by atoms with Crippen LogP contribution in [0.3, 0.4) is 0 Å². The fourth-order valence-corrected chi connectivity index (χ4v) is 3.72. The number of hydrogen-bond acceptors (Lipinski definition) is 4. The molecule has 0 bridgehead atoms. The molecule has 0 atom stereocenters. The van der Waals surface area contributed by atoms with Gasteiger partial charge in [0.15, 0.2) is 0 Å². The molecule has 1 saturated carbocycles. The average Bonchev–Trinajstić information content (AvgIpc) is 3.03. The number of alkyl carbamates (subject to hydrolysis) is 1. The number of benzene rings is 1. The van der Waals surface area contributed by atoms with Gasteiger partial charge in [0, 0.05) is 12.1 Å². The molecule has 2 amide bonds. The van der Waals surface area contributed by atoms with E-state index in [0.29, 0.717) is 12.2 Å². The number of carbonyl (C=O) groups is 2. The molecule has 2 N–H and O–H groups in total. The summed E-state index contributed by atoms with van der Waals surface area (Å²) in [6, 6.07) is 12.0. The van der Waals surface area contributed by atoms with Crippen LogP contribution in [0.15, 0.2) is 36.4 Å². The van der Waals surface area contributed by atoms with E-state index in [-0.39, 0.29) is 24.1 Å². The molecule has 1 aliphatic carbocycles. The first-order valence-corrected chi connectivity index (χ1v) is 10.6. The van der Waals surface area contributed by atoms with E-state index >= 15 is 0 Å². The molecule has 2 aromatic rings. The molecule has 3 rings (SSSR count). The lowest BCUT2D eigenvalue weighted by Gasteiger charge is -2.30. The zero-order chi connectivity index (χ0) is 21.7. The molecule has 0 spiro atoms. The number of nitrogens with zero attached hydrogens (tertiary/aromatic N) is 2. The SMILES string of the molecule is Cc1cc(C(=O)N[C@H]2CC[C@H](NC(=O)OC(C)(C)C)CC2)n(Cc2ccccc2)n1. The standard InChI is InChI=1S/C23H32N4O3/c1-16-14-20(27(26-16)15-17-8-6-5-7-9-17)21(28)24-18-10-12-19(13-11-18)25-22(29)30-23(2,3)4/h5-9,14,18-19H,10-13,15H2,1-4H3,(H,24,28)(H,25,29)/t18-,19-. The fraction of sp³-hybridized carbons (Fsp3) is 0.522. The third kappa shape index (κ3) is 6.34. The topological polar surface area (TPSA) is 85.3 Å². The van der Waals surface area contributed by atoms with E-state index in [1.807, 2.05) is 64.1 Å². The van der Waals surface area contributed by atoms with Gasteiger partial charge in [-0.05, 0) is 65.0 Å². The van der Waals surface area contributed by atoms with Crippen molar-refractivity contribution in [2.45, 2.75) is 77.6 Å². The third-order valence-corrected chi connectivity index (χ3v) is 5.09. The number of rotatable bonds is 5. The van der Waals surface area contributed by atoms with Crippen LogP contribution in [-0.4, -0.2) is 39.5 Å². The van der Waals surface area contributed by atoms with Gasteiger partial charge >= 0.3 is 6.09 Å². The number of hydrogen-bond donors (Lipinski definition) is 2. The van der Waals surface area contributed by atoms with Crippen molar-refractivity contribution >= 4 is 12.0 Å². The van der Waals surface area contributed by atoms with Gasteiger partial charge in [0.2, 0.25) is 0 Å². The van der Waals surface area contributed by atoms with Crippen LogP contribution in [-0.2, 0) is 11.3 Å². The predicted molar refractivity (Wildman–Crippen MR) is 115 cm³/mol. The van der Waals surface area contributed by atoms with Crippen LogP contribution < -0.4 is 10.6 Å². The summed E-state index contributed by atoms with van der Waals surface area (Å²) in [6.45, 7) is 8.01. The van der Waals surface area contributed by atoms with Gasteiger partial charge in [-0.2, -0.15) is 5.10 Å². The molecule has 7 heteroatoms. The summed E-state index contributed by atoms with van der Waals surface area (Å²) in [5.41, 5.74) is 1.99. The normalized spacial score (nSPS) is 19.2. The lowest BCUT2D eigenvalue weighted by Crippen LogP contribution is -2.45. The lowest BCUT2D eigenvalue weighted by atomic mass is 9.91. The molecule has 0 saturated heterocycles. The van der Waals surface area contributed by atoms with E-state index in [9.17, 15) is 9.59 Å². The third-order valence-electron chi connectivity index (χ3n) is 5.09. The van der Waals surface area contributed by atoms with Crippen molar-refractivity contribution < 1.29 is 14.3 Å². The Morgan fingerprint density at radius 3 is 2.27 bits per heavy atom. The summed E-state index contributed by atoms with van der Waals surface area (Å²) in [5.74, 6) is -0.102. The van der Waals surface area contributed by atoms with Crippen LogP contribution in [0.25, 0.3) is 0 Å². The highest BCUT2D eigenvalue weighted by Crippen LogP contribution is 2.20. The molecular weight excluding hydrogens is 380 g/mol. The van der Waals surface area contributed by atoms with Crippen molar-refractivity contribution in [2.75, 3.05) is 0 Å². The zero-order valence-electron chi connectivity index (χ0n) is 18.3. The summed E-state index contributed by atoms with van der Waals surface area (Å²) in [7, 11) is 0. The largest absolute Gasteiger partial charge is 0.444 e. The summed E-state index contributed by atoms with van der Waals surface area (Å²) >= 11 is 0. The van der Waals surface area contributed by atoms with E-state index in [1.165, 1.54) is 0 Å². The van der Waals surface area contributed by atoms with Gasteiger partial charge < -0.3 is 15.4 Å². The Hall–Kier alpha value is -2.83. The van der Waals surface area contributed by atoms with Crippen LogP contribution >= 0.6 is 0 Å². The van der Waals surface area contributed by atoms with Crippen molar-refractivity contribution in [3.05, 3.63) is 53.3 Å². The molecule has 0 radical (unpaired) electrons. The Morgan fingerprint density at radius 2 is 1.67 bits per heavy atom. The number of carbonyl (C=O) groups excluding carboxylic acids is 2. The van der Waals surface area contributed by atoms with Crippen molar-refractivity contribution in [1.29, 1.82) is 0 Å². The Kier molecular flexibility index (Phi) is 6.80. The van der Waals surface area contributed by atoms with E-state index in [2.05, 4.69) is 15.7 Å². The highest BCUT2D eigenvalue weighted by molar-refractivity contribution is 5.92. The van der Waals surface area contributed by atoms with Crippen LogP contribution in [0.2, 0.25) is 0 Å². The first-order valence-electron chi connectivity index (χ1n) is 10.6. The zero-order valence-corrected chi connectivity index (χ0v) is 18.3. The van der Waals surface area contributed by atoms with Crippen LogP contribution in [0.1, 0.15) is 68.2 Å². The molecule has 1 heterocycles. The van der Waals surface area contributed by atoms with Gasteiger partial charge in [-0.25, -0.2) is 4.79 Å². The Morgan fingerprint density at radius 1 is 1.07 bits per heavy atom. The second-order valence-corrected chi connectivity index (χ2v) is 8.98. The molecule has 162 valence electrons. The second kappa shape index (κ2) is 9.32. The molecular formula is C23H32N4O3. The van der Waals surface area contributed by atoms with E-state index in [4.69, 9.17) is 4.74 Å². The first-order chi connectivity index (χ1) is 14.2. The summed E-state index contributed by atoms with van der Waals surface area (Å²) in [5, 5.41) is 10.6. The summed E-state index contributed by atoms with van der Waals surface area (Å²) in [4.78, 5) is 24.8. The van der Waals surface area contributed by atoms with Crippen molar-refractivity contribution in [2.24, 2.45) is 0 Å². The van der Waals surface area contributed by atoms with E-state index in [0.717, 1.165) is 36.9 Å². The number of aryl methyl sites for hydroxylation is 1. The van der Waals surface area contributed by atoms with Gasteiger partial charge in [-0.3, -0.25) is 9.48 Å².